The molecular formula is C9H8N2O3. The van der Waals surface area contributed by atoms with Crippen molar-refractivity contribution in [1.82, 2.24) is 9.55 Å². The Balaban J connectivity index is 2.92. The number of hydrogen-bond donors (Lipinski definition) is 2. The van der Waals surface area contributed by atoms with E-state index in [9.17, 15) is 9.59 Å². The lowest BCUT2D eigenvalue weighted by atomic mass is 10.3. The molecule has 2 heterocycles. The lowest BCUT2D eigenvalue weighted by Crippen LogP contribution is -2.04. The fourth-order valence-electron chi connectivity index (χ4n) is 1.46. The molecule has 0 bridgehead atoms. The molecule has 0 aliphatic heterocycles. The topological polar surface area (TPSA) is 75.1 Å². The normalized spacial score (nSPS) is 10.6. The van der Waals surface area contributed by atoms with E-state index in [1.807, 2.05) is 0 Å². The van der Waals surface area contributed by atoms with Crippen molar-refractivity contribution in [3.63, 3.8) is 0 Å². The molecule has 0 unspecified atom stereocenters. The van der Waals surface area contributed by atoms with Crippen molar-refractivity contribution >= 4 is 17.0 Å². The highest BCUT2D eigenvalue weighted by molar-refractivity contribution is 6.01. The molecule has 0 amide bonds. The van der Waals surface area contributed by atoms with Crippen LogP contribution in [0.3, 0.4) is 0 Å². The summed E-state index contributed by atoms with van der Waals surface area (Å²) in [7, 11) is 1.73. The van der Waals surface area contributed by atoms with E-state index in [-0.39, 0.29) is 11.1 Å². The number of hydrogen-bond acceptors (Lipinski definition) is 2. The monoisotopic (exact) mass is 192 g/mol. The van der Waals surface area contributed by atoms with Gasteiger partial charge in [-0.1, -0.05) is 0 Å². The number of aromatic nitrogens is 2. The average molecular weight is 192 g/mol. The Bertz CT molecular complexity index is 565. The van der Waals surface area contributed by atoms with E-state index in [0.717, 1.165) is 0 Å². The van der Waals surface area contributed by atoms with Gasteiger partial charge in [0.1, 0.15) is 5.56 Å². The van der Waals surface area contributed by atoms with Gasteiger partial charge in [0.15, 0.2) is 0 Å². The van der Waals surface area contributed by atoms with Crippen molar-refractivity contribution in [2.45, 2.75) is 0 Å². The number of carboxylic acid groups (broad SMARTS) is 1. The van der Waals surface area contributed by atoms with E-state index in [1.165, 1.54) is 12.3 Å². The van der Waals surface area contributed by atoms with Gasteiger partial charge in [0, 0.05) is 19.3 Å². The second kappa shape index (κ2) is 2.73. The Hall–Kier alpha value is -2.04. The summed E-state index contributed by atoms with van der Waals surface area (Å²) in [5.41, 5.74) is 0.876. The minimum absolute atomic E-state index is 0.111. The summed E-state index contributed by atoms with van der Waals surface area (Å²) < 4.78 is 1.66. The highest BCUT2D eigenvalue weighted by Gasteiger charge is 2.12. The first-order valence-electron chi connectivity index (χ1n) is 4.01. The van der Waals surface area contributed by atoms with Crippen LogP contribution in [0.5, 0.6) is 0 Å². The van der Waals surface area contributed by atoms with Gasteiger partial charge < -0.3 is 14.7 Å². The van der Waals surface area contributed by atoms with E-state index in [2.05, 4.69) is 4.98 Å². The van der Waals surface area contributed by atoms with Crippen molar-refractivity contribution in [3.8, 4) is 0 Å². The highest BCUT2D eigenvalue weighted by Crippen LogP contribution is 2.16. The Morgan fingerprint density at radius 2 is 2.21 bits per heavy atom. The first-order chi connectivity index (χ1) is 6.59. The zero-order chi connectivity index (χ0) is 10.3. The number of carboxylic acids is 1. The first kappa shape index (κ1) is 8.55. The number of aromatic amines is 1. The SMILES string of the molecule is Cn1cc(C(=O)O)c2[nH]c(=O)ccc21. The zero-order valence-electron chi connectivity index (χ0n) is 7.44. The number of pyridine rings is 1. The molecule has 72 valence electrons. The molecule has 2 aromatic heterocycles. The van der Waals surface area contributed by atoms with Crippen LogP contribution in [0.15, 0.2) is 23.1 Å². The number of carbonyl (C=O) groups is 1. The standard InChI is InChI=1S/C9H8N2O3/c1-11-4-5(9(13)14)8-6(11)2-3-7(12)10-8/h2-4H,1H3,(H,10,12)(H,13,14). The van der Waals surface area contributed by atoms with Crippen LogP contribution in [0.1, 0.15) is 10.4 Å². The number of H-pyrrole nitrogens is 1. The van der Waals surface area contributed by atoms with Gasteiger partial charge in [-0.05, 0) is 6.07 Å². The molecule has 0 fully saturated rings. The minimum atomic E-state index is -1.04. The summed E-state index contributed by atoms with van der Waals surface area (Å²) in [4.78, 5) is 24.3. The maximum absolute atomic E-state index is 11.0. The third-order valence-electron chi connectivity index (χ3n) is 2.10. The molecule has 0 aliphatic carbocycles. The molecule has 0 saturated carbocycles. The molecule has 14 heavy (non-hydrogen) atoms. The third kappa shape index (κ3) is 1.10. The predicted octanol–water partition coefficient (Wildman–Crippen LogP) is 0.565. The van der Waals surface area contributed by atoms with Gasteiger partial charge in [-0.15, -0.1) is 0 Å². The molecule has 2 rings (SSSR count). The molecule has 0 radical (unpaired) electrons. The number of aryl methyl sites for hydroxylation is 1. The molecule has 5 heteroatoms. The van der Waals surface area contributed by atoms with Crippen LogP contribution in [0.25, 0.3) is 11.0 Å². The minimum Gasteiger partial charge on any atom is -0.478 e. The number of nitrogens with one attached hydrogen (secondary N) is 1. The summed E-state index contributed by atoms with van der Waals surface area (Å²) in [6.07, 6.45) is 1.48. The van der Waals surface area contributed by atoms with Crippen LogP contribution < -0.4 is 5.56 Å². The van der Waals surface area contributed by atoms with E-state index in [1.54, 1.807) is 17.7 Å². The van der Waals surface area contributed by atoms with Crippen LogP contribution in [0.4, 0.5) is 0 Å². The summed E-state index contributed by atoms with van der Waals surface area (Å²) in [6.45, 7) is 0. The van der Waals surface area contributed by atoms with Crippen LogP contribution >= 0.6 is 0 Å². The van der Waals surface area contributed by atoms with Crippen LogP contribution in [0, 0.1) is 0 Å². The van der Waals surface area contributed by atoms with Gasteiger partial charge >= 0.3 is 5.97 Å². The van der Waals surface area contributed by atoms with Crippen LogP contribution in [0.2, 0.25) is 0 Å². The highest BCUT2D eigenvalue weighted by atomic mass is 16.4. The molecular weight excluding hydrogens is 184 g/mol. The quantitative estimate of drug-likeness (QED) is 0.693. The molecule has 0 saturated heterocycles. The maximum atomic E-state index is 11.0. The van der Waals surface area contributed by atoms with Crippen LogP contribution in [-0.2, 0) is 7.05 Å². The van der Waals surface area contributed by atoms with E-state index in [0.29, 0.717) is 11.0 Å². The van der Waals surface area contributed by atoms with Gasteiger partial charge in [0.25, 0.3) is 0 Å². The molecule has 0 aliphatic rings. The Morgan fingerprint density at radius 3 is 2.86 bits per heavy atom. The van der Waals surface area contributed by atoms with E-state index in [4.69, 9.17) is 5.11 Å². The van der Waals surface area contributed by atoms with Crippen molar-refractivity contribution in [2.75, 3.05) is 0 Å². The Morgan fingerprint density at radius 1 is 1.50 bits per heavy atom. The number of fused-ring (bicyclic) bond motifs is 1. The van der Waals surface area contributed by atoms with Crippen LogP contribution in [-0.4, -0.2) is 20.6 Å². The van der Waals surface area contributed by atoms with E-state index < -0.39 is 5.97 Å². The van der Waals surface area contributed by atoms with E-state index >= 15 is 0 Å². The molecule has 0 spiro atoms. The fourth-order valence-corrected chi connectivity index (χ4v) is 1.46. The number of nitrogens with zero attached hydrogens (tertiary/aromatic N) is 1. The second-order valence-electron chi connectivity index (χ2n) is 3.04. The van der Waals surface area contributed by atoms with Crippen molar-refractivity contribution in [2.24, 2.45) is 7.05 Å². The van der Waals surface area contributed by atoms with Gasteiger partial charge in [0.05, 0.1) is 11.0 Å². The summed E-state index contributed by atoms with van der Waals surface area (Å²) >= 11 is 0. The third-order valence-corrected chi connectivity index (χ3v) is 2.10. The van der Waals surface area contributed by atoms with Gasteiger partial charge in [0.2, 0.25) is 5.56 Å². The van der Waals surface area contributed by atoms with Crippen molar-refractivity contribution < 1.29 is 9.90 Å². The summed E-state index contributed by atoms with van der Waals surface area (Å²) in [5.74, 6) is -1.04. The average Bonchev–Trinajstić information content (AvgIpc) is 2.43. The largest absolute Gasteiger partial charge is 0.478 e. The zero-order valence-corrected chi connectivity index (χ0v) is 7.44. The predicted molar refractivity (Wildman–Crippen MR) is 50.5 cm³/mol. The molecule has 0 atom stereocenters. The fraction of sp³-hybridized carbons (Fsp3) is 0.111. The lowest BCUT2D eigenvalue weighted by molar-refractivity contribution is 0.0698. The summed E-state index contributed by atoms with van der Waals surface area (Å²) in [6, 6.07) is 2.97. The van der Waals surface area contributed by atoms with Gasteiger partial charge in [-0.3, -0.25) is 4.79 Å². The summed E-state index contributed by atoms with van der Waals surface area (Å²) in [5, 5.41) is 8.85. The molecule has 5 nitrogen and oxygen atoms in total. The smallest absolute Gasteiger partial charge is 0.339 e. The maximum Gasteiger partial charge on any atom is 0.339 e. The Kier molecular flexibility index (Phi) is 1.67. The second-order valence-corrected chi connectivity index (χ2v) is 3.04. The number of rotatable bonds is 1. The first-order valence-corrected chi connectivity index (χ1v) is 4.01. The number of aromatic carboxylic acids is 1. The van der Waals surface area contributed by atoms with Crippen molar-refractivity contribution in [3.05, 3.63) is 34.2 Å². The molecule has 2 aromatic rings. The molecule has 2 N–H and O–H groups in total. The Labute approximate surface area is 78.6 Å². The lowest BCUT2D eigenvalue weighted by Gasteiger charge is -1.93. The van der Waals surface area contributed by atoms with Gasteiger partial charge in [-0.25, -0.2) is 4.79 Å². The van der Waals surface area contributed by atoms with Gasteiger partial charge in [-0.2, -0.15) is 0 Å². The van der Waals surface area contributed by atoms with Crippen molar-refractivity contribution in [1.29, 1.82) is 0 Å². The molecule has 0 aromatic carbocycles.